The maximum atomic E-state index is 12.4. The van der Waals surface area contributed by atoms with Gasteiger partial charge in [-0.3, -0.25) is 9.69 Å². The number of nitrogens with zero attached hydrogens (tertiary/aromatic N) is 2. The number of halogens is 1. The highest BCUT2D eigenvalue weighted by molar-refractivity contribution is 8.13. The van der Waals surface area contributed by atoms with E-state index in [-0.39, 0.29) is 5.91 Å². The van der Waals surface area contributed by atoms with Gasteiger partial charge in [0.05, 0.1) is 0 Å². The van der Waals surface area contributed by atoms with E-state index >= 15 is 0 Å². The van der Waals surface area contributed by atoms with Crippen LogP contribution in [0.3, 0.4) is 0 Å². The quantitative estimate of drug-likeness (QED) is 0.724. The summed E-state index contributed by atoms with van der Waals surface area (Å²) >= 11 is 7.53. The van der Waals surface area contributed by atoms with Crippen LogP contribution in [0.4, 0.5) is 0 Å². The van der Waals surface area contributed by atoms with Crippen molar-refractivity contribution in [2.75, 3.05) is 12.3 Å². The highest BCUT2D eigenvalue weighted by Gasteiger charge is 2.32. The van der Waals surface area contributed by atoms with Gasteiger partial charge in [0, 0.05) is 17.3 Å². The molecule has 0 N–H and O–H groups in total. The van der Waals surface area contributed by atoms with E-state index in [1.807, 2.05) is 54.6 Å². The van der Waals surface area contributed by atoms with Crippen molar-refractivity contribution in [2.24, 2.45) is 4.99 Å². The van der Waals surface area contributed by atoms with Gasteiger partial charge in [-0.05, 0) is 47.9 Å². The first-order chi connectivity index (χ1) is 12.7. The van der Waals surface area contributed by atoms with Gasteiger partial charge in [0.2, 0.25) is 0 Å². The van der Waals surface area contributed by atoms with Crippen molar-refractivity contribution >= 4 is 40.5 Å². The van der Waals surface area contributed by atoms with Gasteiger partial charge in [-0.15, -0.1) is 0 Å². The van der Waals surface area contributed by atoms with Gasteiger partial charge in [0.15, 0.2) is 5.17 Å². The molecule has 0 aliphatic carbocycles. The fraction of sp³-hybridized carbons (Fsp3) is 0.200. The zero-order valence-electron chi connectivity index (χ0n) is 14.0. The molecule has 2 aromatic carbocycles. The number of hydrogen-bond acceptors (Lipinski definition) is 4. The highest BCUT2D eigenvalue weighted by Crippen LogP contribution is 2.28. The summed E-state index contributed by atoms with van der Waals surface area (Å²) in [4.78, 5) is 18.6. The molecule has 132 valence electrons. The zero-order chi connectivity index (χ0) is 17.9. The Morgan fingerprint density at radius 3 is 2.65 bits per heavy atom. The highest BCUT2D eigenvalue weighted by atomic mass is 35.5. The standard InChI is InChI=1S/C20H17ClN2O2S/c21-16-6-2-15(3-7-16)13-25-17-8-4-14(5-9-17)12-18-19(24)23-10-1-11-26-20(23)22-18/h2-9,12H,1,10-11,13H2/b18-12-. The van der Waals surface area contributed by atoms with Crippen LogP contribution in [-0.2, 0) is 11.4 Å². The normalized spacial score (nSPS) is 18.0. The molecule has 0 aromatic heterocycles. The van der Waals surface area contributed by atoms with E-state index in [2.05, 4.69) is 4.99 Å². The fourth-order valence-electron chi connectivity index (χ4n) is 2.79. The summed E-state index contributed by atoms with van der Waals surface area (Å²) in [6.07, 6.45) is 2.85. The summed E-state index contributed by atoms with van der Waals surface area (Å²) in [6, 6.07) is 15.2. The summed E-state index contributed by atoms with van der Waals surface area (Å²) < 4.78 is 5.79. The molecule has 0 spiro atoms. The first kappa shape index (κ1) is 17.2. The first-order valence-corrected chi connectivity index (χ1v) is 9.78. The molecule has 0 unspecified atom stereocenters. The zero-order valence-corrected chi connectivity index (χ0v) is 15.6. The monoisotopic (exact) mass is 384 g/mol. The summed E-state index contributed by atoms with van der Waals surface area (Å²) in [5, 5.41) is 1.54. The van der Waals surface area contributed by atoms with Crippen LogP contribution in [0.5, 0.6) is 5.75 Å². The molecule has 26 heavy (non-hydrogen) atoms. The summed E-state index contributed by atoms with van der Waals surface area (Å²) in [6.45, 7) is 1.25. The average molecular weight is 385 g/mol. The van der Waals surface area contributed by atoms with E-state index in [4.69, 9.17) is 16.3 Å². The molecule has 2 heterocycles. The minimum absolute atomic E-state index is 0.00438. The predicted molar refractivity (Wildman–Crippen MR) is 106 cm³/mol. The second kappa shape index (κ2) is 7.56. The van der Waals surface area contributed by atoms with Crippen molar-refractivity contribution in [3.05, 3.63) is 70.4 Å². The molecule has 2 aromatic rings. The van der Waals surface area contributed by atoms with Crippen LogP contribution < -0.4 is 4.74 Å². The van der Waals surface area contributed by atoms with Gasteiger partial charge < -0.3 is 4.74 Å². The Hall–Kier alpha value is -2.24. The topological polar surface area (TPSA) is 41.9 Å². The van der Waals surface area contributed by atoms with E-state index in [1.54, 1.807) is 16.7 Å². The van der Waals surface area contributed by atoms with Crippen molar-refractivity contribution in [1.29, 1.82) is 0 Å². The van der Waals surface area contributed by atoms with E-state index in [1.165, 1.54) is 0 Å². The average Bonchev–Trinajstić information content (AvgIpc) is 2.98. The molecule has 0 bridgehead atoms. The van der Waals surface area contributed by atoms with Gasteiger partial charge in [0.25, 0.3) is 5.91 Å². The minimum Gasteiger partial charge on any atom is -0.489 e. The second-order valence-corrected chi connectivity index (χ2v) is 7.57. The third kappa shape index (κ3) is 3.79. The second-order valence-electron chi connectivity index (χ2n) is 6.07. The number of fused-ring (bicyclic) bond motifs is 1. The molecule has 0 saturated carbocycles. The van der Waals surface area contributed by atoms with Gasteiger partial charge in [-0.2, -0.15) is 0 Å². The Bertz CT molecular complexity index is 876. The molecule has 1 saturated heterocycles. The molecule has 1 amide bonds. The molecule has 2 aliphatic heterocycles. The number of benzene rings is 2. The fourth-order valence-corrected chi connectivity index (χ4v) is 3.86. The number of thioether (sulfide) groups is 1. The number of aliphatic imine (C=N–C) groups is 1. The van der Waals surface area contributed by atoms with Gasteiger partial charge >= 0.3 is 0 Å². The number of carbonyl (C=O) groups excluding carboxylic acids is 1. The Labute approximate surface area is 161 Å². The first-order valence-electron chi connectivity index (χ1n) is 8.41. The number of amidine groups is 1. The van der Waals surface area contributed by atoms with Crippen molar-refractivity contribution in [3.8, 4) is 5.75 Å². The number of carbonyl (C=O) groups is 1. The van der Waals surface area contributed by atoms with Crippen LogP contribution in [0.1, 0.15) is 17.5 Å². The SMILES string of the molecule is O=C1/C(=C/c2ccc(OCc3ccc(Cl)cc3)cc2)N=C2SCCCN12. The van der Waals surface area contributed by atoms with Crippen LogP contribution in [0.15, 0.2) is 59.2 Å². The largest absolute Gasteiger partial charge is 0.489 e. The number of hydrogen-bond donors (Lipinski definition) is 0. The molecular formula is C20H17ClN2O2S. The lowest BCUT2D eigenvalue weighted by atomic mass is 10.2. The molecule has 0 radical (unpaired) electrons. The lowest BCUT2D eigenvalue weighted by molar-refractivity contribution is -0.122. The Kier molecular flexibility index (Phi) is 5.00. The molecule has 4 nitrogen and oxygen atoms in total. The molecule has 6 heteroatoms. The van der Waals surface area contributed by atoms with E-state index < -0.39 is 0 Å². The lowest BCUT2D eigenvalue weighted by Gasteiger charge is -2.21. The molecule has 0 atom stereocenters. The van der Waals surface area contributed by atoms with Crippen molar-refractivity contribution in [2.45, 2.75) is 13.0 Å². The summed E-state index contributed by atoms with van der Waals surface area (Å²) in [7, 11) is 0. The maximum absolute atomic E-state index is 12.4. The summed E-state index contributed by atoms with van der Waals surface area (Å²) in [5.41, 5.74) is 2.49. The third-order valence-corrected chi connectivity index (χ3v) is 5.49. The van der Waals surface area contributed by atoms with Gasteiger partial charge in [0.1, 0.15) is 18.1 Å². The number of amides is 1. The Morgan fingerprint density at radius 2 is 1.92 bits per heavy atom. The van der Waals surface area contributed by atoms with Crippen LogP contribution >= 0.6 is 23.4 Å². The summed E-state index contributed by atoms with van der Waals surface area (Å²) in [5.74, 6) is 1.80. The van der Waals surface area contributed by atoms with E-state index in [9.17, 15) is 4.79 Å². The molecule has 1 fully saturated rings. The lowest BCUT2D eigenvalue weighted by Crippen LogP contribution is -2.34. The van der Waals surface area contributed by atoms with Gasteiger partial charge in [-0.25, -0.2) is 4.99 Å². The molecule has 2 aliphatic rings. The van der Waals surface area contributed by atoms with E-state index in [0.717, 1.165) is 40.8 Å². The maximum Gasteiger partial charge on any atom is 0.278 e. The molecular weight excluding hydrogens is 368 g/mol. The third-order valence-electron chi connectivity index (χ3n) is 4.17. The smallest absolute Gasteiger partial charge is 0.278 e. The van der Waals surface area contributed by atoms with Crippen molar-refractivity contribution < 1.29 is 9.53 Å². The molecule has 4 rings (SSSR count). The van der Waals surface area contributed by atoms with Crippen molar-refractivity contribution in [1.82, 2.24) is 4.90 Å². The van der Waals surface area contributed by atoms with Crippen LogP contribution in [0.25, 0.3) is 6.08 Å². The number of rotatable bonds is 4. The number of ether oxygens (including phenoxy) is 1. The Balaban J connectivity index is 1.42. The minimum atomic E-state index is -0.00438. The van der Waals surface area contributed by atoms with Crippen molar-refractivity contribution in [3.63, 3.8) is 0 Å². The Morgan fingerprint density at radius 1 is 1.15 bits per heavy atom. The van der Waals surface area contributed by atoms with Crippen LogP contribution in [-0.4, -0.2) is 28.3 Å². The predicted octanol–water partition coefficient (Wildman–Crippen LogP) is 4.60. The van der Waals surface area contributed by atoms with Crippen LogP contribution in [0.2, 0.25) is 5.02 Å². The van der Waals surface area contributed by atoms with Gasteiger partial charge in [-0.1, -0.05) is 47.6 Å². The van der Waals surface area contributed by atoms with E-state index in [0.29, 0.717) is 17.3 Å². The van der Waals surface area contributed by atoms with Crippen LogP contribution in [0, 0.1) is 0 Å².